The molecule has 0 atom stereocenters. The lowest BCUT2D eigenvalue weighted by atomic mass is 10.2. The number of para-hydroxylation sites is 1. The number of rotatable bonds is 5. The highest BCUT2D eigenvalue weighted by molar-refractivity contribution is 7.92. The van der Waals surface area contributed by atoms with Crippen LogP contribution in [-0.2, 0) is 10.0 Å². The molecule has 0 fully saturated rings. The number of hydrogen-bond donors (Lipinski definition) is 1. The molecule has 3 rings (SSSR count). The molecule has 3 aromatic rings. The molecular formula is C17H16N2O4S. The molecule has 7 heteroatoms. The van der Waals surface area contributed by atoms with Gasteiger partial charge in [0.25, 0.3) is 10.0 Å². The number of ether oxygens (including phenoxy) is 2. The van der Waals surface area contributed by atoms with Gasteiger partial charge in [0.1, 0.15) is 16.4 Å². The SMILES string of the molecule is COc1ccc(OC)c(S(=O)(=O)Nc2cccc3cccnc23)c1. The van der Waals surface area contributed by atoms with E-state index >= 15 is 0 Å². The van der Waals surface area contributed by atoms with Gasteiger partial charge in [-0.3, -0.25) is 9.71 Å². The van der Waals surface area contributed by atoms with Crippen molar-refractivity contribution in [1.29, 1.82) is 0 Å². The average molecular weight is 344 g/mol. The molecule has 0 saturated heterocycles. The maximum atomic E-state index is 12.8. The number of pyridine rings is 1. The van der Waals surface area contributed by atoms with E-state index in [4.69, 9.17) is 9.47 Å². The Morgan fingerprint density at radius 3 is 2.54 bits per heavy atom. The Hall–Kier alpha value is -2.80. The number of methoxy groups -OCH3 is 2. The lowest BCUT2D eigenvalue weighted by molar-refractivity contribution is 0.392. The van der Waals surface area contributed by atoms with Crippen LogP contribution < -0.4 is 14.2 Å². The molecule has 1 aromatic heterocycles. The van der Waals surface area contributed by atoms with Gasteiger partial charge in [0.15, 0.2) is 0 Å². The second-order valence-electron chi connectivity index (χ2n) is 5.00. The van der Waals surface area contributed by atoms with E-state index in [1.54, 1.807) is 36.5 Å². The van der Waals surface area contributed by atoms with Gasteiger partial charge in [-0.2, -0.15) is 0 Å². The highest BCUT2D eigenvalue weighted by atomic mass is 32.2. The summed E-state index contributed by atoms with van der Waals surface area (Å²) in [5, 5.41) is 0.843. The van der Waals surface area contributed by atoms with Crippen molar-refractivity contribution in [2.75, 3.05) is 18.9 Å². The molecule has 0 aliphatic heterocycles. The predicted molar refractivity (Wildman–Crippen MR) is 92.1 cm³/mol. The normalized spacial score (nSPS) is 11.2. The minimum Gasteiger partial charge on any atom is -0.497 e. The number of fused-ring (bicyclic) bond motifs is 1. The van der Waals surface area contributed by atoms with Crippen LogP contribution in [0.5, 0.6) is 11.5 Å². The second kappa shape index (κ2) is 6.37. The molecule has 6 nitrogen and oxygen atoms in total. The standard InChI is InChI=1S/C17H16N2O4S/c1-22-13-8-9-15(23-2)16(11-13)24(20,21)19-14-7-3-5-12-6-4-10-18-17(12)14/h3-11,19H,1-2H3. The lowest BCUT2D eigenvalue weighted by Crippen LogP contribution is -2.14. The van der Waals surface area contributed by atoms with Gasteiger partial charge in [-0.1, -0.05) is 18.2 Å². The van der Waals surface area contributed by atoms with Gasteiger partial charge in [0, 0.05) is 17.6 Å². The van der Waals surface area contributed by atoms with Crippen molar-refractivity contribution in [3.63, 3.8) is 0 Å². The zero-order chi connectivity index (χ0) is 17.2. The summed E-state index contributed by atoms with van der Waals surface area (Å²) < 4.78 is 38.5. The Labute approximate surface area is 140 Å². The minimum atomic E-state index is -3.88. The summed E-state index contributed by atoms with van der Waals surface area (Å²) in [5.41, 5.74) is 0.975. The van der Waals surface area contributed by atoms with Gasteiger partial charge in [-0.05, 0) is 24.3 Å². The number of hydrogen-bond acceptors (Lipinski definition) is 5. The summed E-state index contributed by atoms with van der Waals surface area (Å²) in [5.74, 6) is 0.656. The first kappa shape index (κ1) is 16.1. The van der Waals surface area contributed by atoms with Gasteiger partial charge in [-0.25, -0.2) is 8.42 Å². The summed E-state index contributed by atoms with van der Waals surface area (Å²) in [4.78, 5) is 4.25. The van der Waals surface area contributed by atoms with E-state index < -0.39 is 10.0 Å². The van der Waals surface area contributed by atoms with Crippen molar-refractivity contribution in [2.45, 2.75) is 4.90 Å². The van der Waals surface area contributed by atoms with Crippen LogP contribution in [0, 0.1) is 0 Å². The van der Waals surface area contributed by atoms with Crippen LogP contribution in [0.3, 0.4) is 0 Å². The van der Waals surface area contributed by atoms with Gasteiger partial charge in [0.05, 0.1) is 25.4 Å². The Morgan fingerprint density at radius 2 is 1.79 bits per heavy atom. The molecule has 124 valence electrons. The van der Waals surface area contributed by atoms with E-state index in [1.807, 2.05) is 12.1 Å². The van der Waals surface area contributed by atoms with Crippen LogP contribution in [0.25, 0.3) is 10.9 Å². The molecule has 2 aromatic carbocycles. The zero-order valence-corrected chi connectivity index (χ0v) is 14.0. The molecule has 0 aliphatic rings. The smallest absolute Gasteiger partial charge is 0.265 e. The fourth-order valence-electron chi connectivity index (χ4n) is 2.38. The first-order chi connectivity index (χ1) is 11.5. The molecular weight excluding hydrogens is 328 g/mol. The summed E-state index contributed by atoms with van der Waals surface area (Å²) in [7, 11) is -0.986. The Balaban J connectivity index is 2.08. The van der Waals surface area contributed by atoms with Crippen LogP contribution in [-0.4, -0.2) is 27.6 Å². The number of sulfonamides is 1. The third kappa shape index (κ3) is 2.98. The van der Waals surface area contributed by atoms with Crippen LogP contribution in [0.15, 0.2) is 59.6 Å². The van der Waals surface area contributed by atoms with Gasteiger partial charge in [-0.15, -0.1) is 0 Å². The summed E-state index contributed by atoms with van der Waals surface area (Å²) >= 11 is 0. The molecule has 0 radical (unpaired) electrons. The quantitative estimate of drug-likeness (QED) is 0.770. The number of aromatic nitrogens is 1. The molecule has 0 bridgehead atoms. The maximum Gasteiger partial charge on any atom is 0.265 e. The highest BCUT2D eigenvalue weighted by Crippen LogP contribution is 2.31. The minimum absolute atomic E-state index is 0.00251. The van der Waals surface area contributed by atoms with E-state index in [0.717, 1.165) is 5.39 Å². The molecule has 0 unspecified atom stereocenters. The van der Waals surface area contributed by atoms with Crippen LogP contribution in [0.2, 0.25) is 0 Å². The number of benzene rings is 2. The summed E-state index contributed by atoms with van der Waals surface area (Å²) in [6.45, 7) is 0. The fourth-order valence-corrected chi connectivity index (χ4v) is 3.63. The van der Waals surface area contributed by atoms with Crippen molar-refractivity contribution in [2.24, 2.45) is 0 Å². The van der Waals surface area contributed by atoms with Crippen LogP contribution >= 0.6 is 0 Å². The summed E-state index contributed by atoms with van der Waals surface area (Å²) in [6.07, 6.45) is 1.62. The van der Waals surface area contributed by atoms with Crippen molar-refractivity contribution < 1.29 is 17.9 Å². The predicted octanol–water partition coefficient (Wildman–Crippen LogP) is 3.05. The fraction of sp³-hybridized carbons (Fsp3) is 0.118. The monoisotopic (exact) mass is 344 g/mol. The molecule has 0 aliphatic carbocycles. The van der Waals surface area contributed by atoms with Crippen LogP contribution in [0.4, 0.5) is 5.69 Å². The first-order valence-corrected chi connectivity index (χ1v) is 8.62. The Kier molecular flexibility index (Phi) is 4.26. The van der Waals surface area contributed by atoms with Crippen LogP contribution in [0.1, 0.15) is 0 Å². The molecule has 1 heterocycles. The number of nitrogens with one attached hydrogen (secondary N) is 1. The molecule has 24 heavy (non-hydrogen) atoms. The maximum absolute atomic E-state index is 12.8. The highest BCUT2D eigenvalue weighted by Gasteiger charge is 2.21. The molecule has 0 amide bonds. The van der Waals surface area contributed by atoms with E-state index in [1.165, 1.54) is 20.3 Å². The van der Waals surface area contributed by atoms with E-state index in [9.17, 15) is 8.42 Å². The zero-order valence-electron chi connectivity index (χ0n) is 13.2. The van der Waals surface area contributed by atoms with E-state index in [-0.39, 0.29) is 10.6 Å². The van der Waals surface area contributed by atoms with Crippen molar-refractivity contribution in [1.82, 2.24) is 4.98 Å². The molecule has 1 N–H and O–H groups in total. The average Bonchev–Trinajstić information content (AvgIpc) is 2.61. The van der Waals surface area contributed by atoms with Gasteiger partial charge < -0.3 is 9.47 Å². The Bertz CT molecular complexity index is 982. The van der Waals surface area contributed by atoms with Crippen molar-refractivity contribution >= 4 is 26.6 Å². The Morgan fingerprint density at radius 1 is 1.00 bits per heavy atom. The number of anilines is 1. The first-order valence-electron chi connectivity index (χ1n) is 7.14. The summed E-state index contributed by atoms with van der Waals surface area (Å²) in [6, 6.07) is 13.6. The number of nitrogens with zero attached hydrogens (tertiary/aromatic N) is 1. The van der Waals surface area contributed by atoms with Gasteiger partial charge >= 0.3 is 0 Å². The largest absolute Gasteiger partial charge is 0.497 e. The topological polar surface area (TPSA) is 77.5 Å². The van der Waals surface area contributed by atoms with Crippen molar-refractivity contribution in [3.05, 3.63) is 54.7 Å². The second-order valence-corrected chi connectivity index (χ2v) is 6.65. The third-order valence-electron chi connectivity index (χ3n) is 3.54. The molecule has 0 spiro atoms. The van der Waals surface area contributed by atoms with E-state index in [2.05, 4.69) is 9.71 Å². The lowest BCUT2D eigenvalue weighted by Gasteiger charge is -2.13. The van der Waals surface area contributed by atoms with Crippen molar-refractivity contribution in [3.8, 4) is 11.5 Å². The third-order valence-corrected chi connectivity index (χ3v) is 4.92. The van der Waals surface area contributed by atoms with Gasteiger partial charge in [0.2, 0.25) is 0 Å². The van der Waals surface area contributed by atoms with E-state index in [0.29, 0.717) is 17.0 Å². The molecule has 0 saturated carbocycles.